The largest absolute Gasteiger partial charge is 0.461 e. The molecule has 4 rings (SSSR count). The number of aliphatic hydroxyl groups excluding tert-OH is 2. The van der Waals surface area contributed by atoms with Crippen LogP contribution in [-0.4, -0.2) is 72.0 Å². The van der Waals surface area contributed by atoms with Gasteiger partial charge in [-0.15, -0.1) is 11.6 Å². The van der Waals surface area contributed by atoms with E-state index in [0.29, 0.717) is 18.6 Å². The fourth-order valence-electron chi connectivity index (χ4n) is 6.16. The fourth-order valence-corrected chi connectivity index (χ4v) is 6.62. The highest BCUT2D eigenvalue weighted by atomic mass is 35.5. The van der Waals surface area contributed by atoms with Crippen molar-refractivity contribution in [1.82, 2.24) is 4.90 Å². The van der Waals surface area contributed by atoms with Crippen molar-refractivity contribution in [3.8, 4) is 0 Å². The second-order valence-electron chi connectivity index (χ2n) is 11.4. The number of alkyl halides is 1. The minimum Gasteiger partial charge on any atom is -0.461 e. The Labute approximate surface area is 244 Å². The van der Waals surface area contributed by atoms with Gasteiger partial charge in [-0.3, -0.25) is 4.90 Å². The molecule has 5 atom stereocenters. The Balaban J connectivity index is 1.28. The van der Waals surface area contributed by atoms with E-state index >= 15 is 0 Å². The molecule has 40 heavy (non-hydrogen) atoms. The molecule has 2 N–H and O–H groups in total. The lowest BCUT2D eigenvalue weighted by molar-refractivity contribution is 0.0195. The second-order valence-corrected chi connectivity index (χ2v) is 11.9. The van der Waals surface area contributed by atoms with Gasteiger partial charge in [0.05, 0.1) is 31.0 Å². The fraction of sp³-hybridized carbons (Fsp3) is 0.606. The lowest BCUT2D eigenvalue weighted by Gasteiger charge is -2.26. The molecule has 220 valence electrons. The molecule has 0 radical (unpaired) electrons. The first-order chi connectivity index (χ1) is 19.5. The molecular formula is C33H46ClNO5. The maximum Gasteiger partial charge on any atom is 0.338 e. The third-order valence-electron chi connectivity index (χ3n) is 8.50. The van der Waals surface area contributed by atoms with E-state index in [4.69, 9.17) is 21.1 Å². The molecule has 1 saturated heterocycles. The van der Waals surface area contributed by atoms with Crippen molar-refractivity contribution >= 4 is 17.6 Å². The number of morpholine rings is 1. The van der Waals surface area contributed by atoms with Crippen molar-refractivity contribution in [3.63, 3.8) is 0 Å². The Morgan fingerprint density at radius 2 is 1.90 bits per heavy atom. The molecule has 0 spiro atoms. The van der Waals surface area contributed by atoms with Crippen LogP contribution in [0.3, 0.4) is 0 Å². The number of nitrogens with zero attached hydrogens (tertiary/aromatic N) is 1. The van der Waals surface area contributed by atoms with Gasteiger partial charge in [-0.05, 0) is 66.8 Å². The quantitative estimate of drug-likeness (QED) is 0.167. The molecule has 6 nitrogen and oxygen atoms in total. The van der Waals surface area contributed by atoms with Crippen LogP contribution >= 0.6 is 11.6 Å². The average Bonchev–Trinajstić information content (AvgIpc) is 3.26. The number of halogens is 1. The summed E-state index contributed by atoms with van der Waals surface area (Å²) in [4.78, 5) is 14.9. The number of esters is 1. The van der Waals surface area contributed by atoms with E-state index in [-0.39, 0.29) is 23.2 Å². The molecule has 0 bridgehead atoms. The van der Waals surface area contributed by atoms with Crippen LogP contribution in [0.1, 0.15) is 90.9 Å². The Hall–Kier alpha value is -1.96. The van der Waals surface area contributed by atoms with Crippen molar-refractivity contribution in [2.24, 2.45) is 5.92 Å². The Kier molecular flexibility index (Phi) is 12.3. The minimum atomic E-state index is -0.469. The summed E-state index contributed by atoms with van der Waals surface area (Å²) in [5.74, 6) is -0.124. The number of ether oxygens (including phenoxy) is 2. The van der Waals surface area contributed by atoms with Crippen molar-refractivity contribution in [2.75, 3.05) is 39.5 Å². The molecule has 1 unspecified atom stereocenters. The highest BCUT2D eigenvalue weighted by Crippen LogP contribution is 2.45. The first-order valence-corrected chi connectivity index (χ1v) is 15.6. The predicted molar refractivity (Wildman–Crippen MR) is 159 cm³/mol. The van der Waals surface area contributed by atoms with Crippen LogP contribution in [0.2, 0.25) is 0 Å². The summed E-state index contributed by atoms with van der Waals surface area (Å²) in [6.45, 7) is 6.49. The van der Waals surface area contributed by atoms with Crippen LogP contribution in [0, 0.1) is 5.92 Å². The van der Waals surface area contributed by atoms with Gasteiger partial charge in [0.1, 0.15) is 6.61 Å². The van der Waals surface area contributed by atoms with Gasteiger partial charge in [0, 0.05) is 30.9 Å². The summed E-state index contributed by atoms with van der Waals surface area (Å²) in [6.07, 6.45) is 6.39. The molecule has 1 heterocycles. The molecule has 1 aliphatic carbocycles. The lowest BCUT2D eigenvalue weighted by atomic mass is 9.83. The van der Waals surface area contributed by atoms with Crippen molar-refractivity contribution < 1.29 is 24.5 Å². The zero-order chi connectivity index (χ0) is 28.3. The maximum atomic E-state index is 12.6. The average molecular weight is 572 g/mol. The molecule has 0 amide bonds. The zero-order valence-corrected chi connectivity index (χ0v) is 24.6. The first-order valence-electron chi connectivity index (χ1n) is 15.1. The van der Waals surface area contributed by atoms with E-state index in [2.05, 4.69) is 24.0 Å². The molecule has 2 aromatic carbocycles. The number of carbonyl (C=O) groups excluding carboxylic acids is 1. The normalized spacial score (nSPS) is 24.2. The second kappa shape index (κ2) is 15.9. The molecule has 1 saturated carbocycles. The number of carbonyl (C=O) groups is 1. The summed E-state index contributed by atoms with van der Waals surface area (Å²) in [5, 5.41) is 21.3. The number of benzene rings is 2. The molecule has 2 aromatic rings. The monoisotopic (exact) mass is 571 g/mol. The Morgan fingerprint density at radius 1 is 1.12 bits per heavy atom. The smallest absolute Gasteiger partial charge is 0.338 e. The molecule has 2 fully saturated rings. The van der Waals surface area contributed by atoms with Crippen molar-refractivity contribution in [2.45, 2.75) is 81.8 Å². The van der Waals surface area contributed by atoms with Gasteiger partial charge < -0.3 is 19.7 Å². The summed E-state index contributed by atoms with van der Waals surface area (Å²) in [5.41, 5.74) is 3.71. The van der Waals surface area contributed by atoms with Crippen LogP contribution in [-0.2, 0) is 15.9 Å². The highest BCUT2D eigenvalue weighted by molar-refractivity contribution is 6.21. The highest BCUT2D eigenvalue weighted by Gasteiger charge is 2.41. The van der Waals surface area contributed by atoms with Gasteiger partial charge in [0.25, 0.3) is 0 Å². The van der Waals surface area contributed by atoms with Gasteiger partial charge in [0.2, 0.25) is 0 Å². The first kappa shape index (κ1) is 31.0. The van der Waals surface area contributed by atoms with E-state index in [9.17, 15) is 15.0 Å². The van der Waals surface area contributed by atoms with E-state index < -0.39 is 12.2 Å². The third-order valence-corrected chi connectivity index (χ3v) is 9.01. The molecular weight excluding hydrogens is 526 g/mol. The van der Waals surface area contributed by atoms with Crippen molar-refractivity contribution in [3.05, 3.63) is 70.8 Å². The summed E-state index contributed by atoms with van der Waals surface area (Å²) >= 11 is 6.75. The van der Waals surface area contributed by atoms with Crippen LogP contribution in [0.5, 0.6) is 0 Å². The number of unbranched alkanes of at least 4 members (excludes halogenated alkanes) is 2. The topological polar surface area (TPSA) is 79.2 Å². The van der Waals surface area contributed by atoms with E-state index in [0.717, 1.165) is 94.5 Å². The number of aryl methyl sites for hydroxylation is 1. The molecule has 7 heteroatoms. The molecule has 0 aromatic heterocycles. The van der Waals surface area contributed by atoms with Crippen LogP contribution in [0.25, 0.3) is 0 Å². The van der Waals surface area contributed by atoms with E-state index in [1.165, 1.54) is 0 Å². The Bertz CT molecular complexity index is 1040. The van der Waals surface area contributed by atoms with E-state index in [1.54, 1.807) is 0 Å². The zero-order valence-electron chi connectivity index (χ0n) is 23.8. The Morgan fingerprint density at radius 3 is 2.65 bits per heavy atom. The number of hydrogen-bond donors (Lipinski definition) is 2. The summed E-state index contributed by atoms with van der Waals surface area (Å²) in [7, 11) is 0. The third kappa shape index (κ3) is 8.77. The summed E-state index contributed by atoms with van der Waals surface area (Å²) in [6, 6.07) is 15.8. The van der Waals surface area contributed by atoms with Gasteiger partial charge in [0.15, 0.2) is 0 Å². The van der Waals surface area contributed by atoms with Gasteiger partial charge in [-0.25, -0.2) is 4.79 Å². The van der Waals surface area contributed by atoms with Crippen LogP contribution in [0.15, 0.2) is 48.5 Å². The molecule has 1 aliphatic heterocycles. The SMILES string of the molecule is CCCCCC(O)c1ccc([C@@H]2[C@@H](CCCc3cccc(C(=O)OCCN4CCOCC4)c3)[C@H](Cl)C[C@H]2O)cc1. The number of aliphatic hydroxyl groups is 2. The van der Waals surface area contributed by atoms with Gasteiger partial charge >= 0.3 is 5.97 Å². The molecule has 2 aliphatic rings. The summed E-state index contributed by atoms with van der Waals surface area (Å²) < 4.78 is 10.9. The van der Waals surface area contributed by atoms with E-state index in [1.807, 2.05) is 36.4 Å². The maximum absolute atomic E-state index is 12.6. The van der Waals surface area contributed by atoms with Gasteiger partial charge in [-0.2, -0.15) is 0 Å². The standard InChI is InChI=1S/C33H46ClNO5/c1-2-3-4-11-30(36)25-12-14-26(15-13-25)32-28(29(34)23-31(32)37)10-6-8-24-7-5-9-27(22-24)33(38)40-21-18-35-16-19-39-20-17-35/h5,7,9,12-15,22,28-32,36-37H,2-4,6,8,10-11,16-21,23H2,1H3/t28-,29+,30?,31+,32+/m0/s1. The number of rotatable bonds is 14. The lowest BCUT2D eigenvalue weighted by Crippen LogP contribution is -2.38. The van der Waals surface area contributed by atoms with Crippen LogP contribution < -0.4 is 0 Å². The van der Waals surface area contributed by atoms with Crippen LogP contribution in [0.4, 0.5) is 0 Å². The minimum absolute atomic E-state index is 0.0124. The van der Waals surface area contributed by atoms with Crippen molar-refractivity contribution in [1.29, 1.82) is 0 Å². The number of hydrogen-bond acceptors (Lipinski definition) is 6. The van der Waals surface area contributed by atoms with Gasteiger partial charge in [-0.1, -0.05) is 62.6 Å². The predicted octanol–water partition coefficient (Wildman–Crippen LogP) is 5.88.